The van der Waals surface area contributed by atoms with E-state index in [0.29, 0.717) is 6.42 Å². The third-order valence-corrected chi connectivity index (χ3v) is 4.39. The first-order valence-electron chi connectivity index (χ1n) is 5.58. The first kappa shape index (κ1) is 14.0. The van der Waals surface area contributed by atoms with Crippen LogP contribution >= 0.6 is 0 Å². The summed E-state index contributed by atoms with van der Waals surface area (Å²) in [5, 5.41) is 0. The highest BCUT2D eigenvalue weighted by atomic mass is 32.2. The molecular formula is C12H19NO3S. The second-order valence-electron chi connectivity index (χ2n) is 3.99. The molecule has 0 aliphatic carbocycles. The normalized spacial score (nSPS) is 13.4. The lowest BCUT2D eigenvalue weighted by Crippen LogP contribution is -2.23. The molecule has 0 saturated carbocycles. The molecule has 0 aliphatic heterocycles. The third kappa shape index (κ3) is 4.36. The van der Waals surface area contributed by atoms with Crippen molar-refractivity contribution in [2.75, 3.05) is 18.6 Å². The SMILES string of the molecule is CCCS(=O)(=O)CC(N)c1ccc(OC)cc1. The van der Waals surface area contributed by atoms with E-state index in [0.717, 1.165) is 11.3 Å². The molecule has 0 aliphatic rings. The summed E-state index contributed by atoms with van der Waals surface area (Å²) in [7, 11) is -1.47. The third-order valence-electron chi connectivity index (χ3n) is 2.49. The van der Waals surface area contributed by atoms with Crippen molar-refractivity contribution in [2.24, 2.45) is 5.73 Å². The Morgan fingerprint density at radius 1 is 1.29 bits per heavy atom. The second-order valence-corrected chi connectivity index (χ2v) is 6.22. The smallest absolute Gasteiger partial charge is 0.152 e. The summed E-state index contributed by atoms with van der Waals surface area (Å²) in [6.45, 7) is 1.84. The van der Waals surface area contributed by atoms with Gasteiger partial charge >= 0.3 is 0 Å². The quantitative estimate of drug-likeness (QED) is 0.839. The van der Waals surface area contributed by atoms with Crippen molar-refractivity contribution in [3.63, 3.8) is 0 Å². The lowest BCUT2D eigenvalue weighted by molar-refractivity contribution is 0.414. The van der Waals surface area contributed by atoms with E-state index in [-0.39, 0.29) is 11.5 Å². The summed E-state index contributed by atoms with van der Waals surface area (Å²) in [6.07, 6.45) is 0.623. The Balaban J connectivity index is 2.72. The summed E-state index contributed by atoms with van der Waals surface area (Å²) in [5.74, 6) is 0.918. The van der Waals surface area contributed by atoms with E-state index >= 15 is 0 Å². The number of methoxy groups -OCH3 is 1. The molecule has 5 heteroatoms. The Bertz CT molecular complexity index is 439. The first-order chi connectivity index (χ1) is 7.98. The maximum absolute atomic E-state index is 11.6. The number of benzene rings is 1. The molecule has 1 unspecified atom stereocenters. The largest absolute Gasteiger partial charge is 0.497 e. The van der Waals surface area contributed by atoms with Gasteiger partial charge < -0.3 is 10.5 Å². The Morgan fingerprint density at radius 3 is 2.35 bits per heavy atom. The molecule has 1 atom stereocenters. The molecule has 2 N–H and O–H groups in total. The Morgan fingerprint density at radius 2 is 1.88 bits per heavy atom. The van der Waals surface area contributed by atoms with E-state index in [4.69, 9.17) is 10.5 Å². The molecule has 0 bridgehead atoms. The fraction of sp³-hybridized carbons (Fsp3) is 0.500. The van der Waals surface area contributed by atoms with E-state index in [2.05, 4.69) is 0 Å². The molecule has 1 aromatic carbocycles. The molecule has 0 amide bonds. The molecule has 0 spiro atoms. The standard InChI is InChI=1S/C12H19NO3S/c1-3-8-17(14,15)9-12(13)10-4-6-11(16-2)7-5-10/h4-7,12H,3,8-9,13H2,1-2H3. The van der Waals surface area contributed by atoms with Crippen molar-refractivity contribution in [1.82, 2.24) is 0 Å². The van der Waals surface area contributed by atoms with Gasteiger partial charge in [-0.2, -0.15) is 0 Å². The van der Waals surface area contributed by atoms with Gasteiger partial charge in [-0.25, -0.2) is 8.42 Å². The van der Waals surface area contributed by atoms with Crippen molar-refractivity contribution < 1.29 is 13.2 Å². The van der Waals surface area contributed by atoms with Crippen molar-refractivity contribution >= 4 is 9.84 Å². The van der Waals surface area contributed by atoms with Crippen LogP contribution < -0.4 is 10.5 Å². The van der Waals surface area contributed by atoms with Crippen LogP contribution in [0.4, 0.5) is 0 Å². The van der Waals surface area contributed by atoms with E-state index < -0.39 is 15.9 Å². The van der Waals surface area contributed by atoms with Crippen LogP contribution in [-0.2, 0) is 9.84 Å². The van der Waals surface area contributed by atoms with E-state index in [1.807, 2.05) is 6.92 Å². The molecule has 17 heavy (non-hydrogen) atoms. The molecule has 0 heterocycles. The molecule has 0 aromatic heterocycles. The molecule has 4 nitrogen and oxygen atoms in total. The summed E-state index contributed by atoms with van der Waals surface area (Å²) >= 11 is 0. The highest BCUT2D eigenvalue weighted by Gasteiger charge is 2.16. The average molecular weight is 257 g/mol. The molecular weight excluding hydrogens is 238 g/mol. The van der Waals surface area contributed by atoms with E-state index in [9.17, 15) is 8.42 Å². The number of sulfone groups is 1. The van der Waals surface area contributed by atoms with Gasteiger partial charge in [-0.15, -0.1) is 0 Å². The average Bonchev–Trinajstić information content (AvgIpc) is 2.28. The molecule has 0 fully saturated rings. The number of nitrogens with two attached hydrogens (primary N) is 1. The first-order valence-corrected chi connectivity index (χ1v) is 7.40. The number of hydrogen-bond donors (Lipinski definition) is 1. The Labute approximate surface area is 103 Å². The predicted molar refractivity (Wildman–Crippen MR) is 68.9 cm³/mol. The van der Waals surface area contributed by atoms with Gasteiger partial charge in [-0.05, 0) is 24.1 Å². The van der Waals surface area contributed by atoms with Gasteiger partial charge in [0.05, 0.1) is 12.9 Å². The highest BCUT2D eigenvalue weighted by molar-refractivity contribution is 7.91. The van der Waals surface area contributed by atoms with Crippen LogP contribution in [0.5, 0.6) is 5.75 Å². The van der Waals surface area contributed by atoms with E-state index in [1.54, 1.807) is 31.4 Å². The van der Waals surface area contributed by atoms with Gasteiger partial charge in [0, 0.05) is 11.8 Å². The molecule has 0 saturated heterocycles. The molecule has 96 valence electrons. The van der Waals surface area contributed by atoms with Crippen LogP contribution in [-0.4, -0.2) is 27.0 Å². The second kappa shape index (κ2) is 6.02. The van der Waals surface area contributed by atoms with Crippen molar-refractivity contribution in [3.05, 3.63) is 29.8 Å². The fourth-order valence-corrected chi connectivity index (χ4v) is 3.14. The van der Waals surface area contributed by atoms with Gasteiger partial charge in [0.25, 0.3) is 0 Å². The number of ether oxygens (including phenoxy) is 1. The van der Waals surface area contributed by atoms with Crippen LogP contribution in [0.3, 0.4) is 0 Å². The zero-order valence-electron chi connectivity index (χ0n) is 10.2. The summed E-state index contributed by atoms with van der Waals surface area (Å²) in [4.78, 5) is 0. The summed E-state index contributed by atoms with van der Waals surface area (Å²) < 4.78 is 28.3. The minimum atomic E-state index is -3.05. The van der Waals surface area contributed by atoms with Crippen molar-refractivity contribution in [2.45, 2.75) is 19.4 Å². The summed E-state index contributed by atoms with van der Waals surface area (Å²) in [5.41, 5.74) is 6.69. The topological polar surface area (TPSA) is 69.4 Å². The Hall–Kier alpha value is -1.07. The molecule has 1 rings (SSSR count). The van der Waals surface area contributed by atoms with E-state index in [1.165, 1.54) is 0 Å². The zero-order chi connectivity index (χ0) is 12.9. The van der Waals surface area contributed by atoms with Crippen LogP contribution in [0.15, 0.2) is 24.3 Å². The molecule has 0 radical (unpaired) electrons. The van der Waals surface area contributed by atoms with Gasteiger partial charge in [0.15, 0.2) is 9.84 Å². The minimum absolute atomic E-state index is 0.00678. The van der Waals surface area contributed by atoms with Gasteiger partial charge in [-0.1, -0.05) is 19.1 Å². The van der Waals surface area contributed by atoms with Crippen molar-refractivity contribution in [1.29, 1.82) is 0 Å². The highest BCUT2D eigenvalue weighted by Crippen LogP contribution is 2.17. The fourth-order valence-electron chi connectivity index (χ4n) is 1.62. The lowest BCUT2D eigenvalue weighted by atomic mass is 10.1. The van der Waals surface area contributed by atoms with Crippen molar-refractivity contribution in [3.8, 4) is 5.75 Å². The van der Waals surface area contributed by atoms with Crippen LogP contribution in [0.1, 0.15) is 24.9 Å². The monoisotopic (exact) mass is 257 g/mol. The maximum atomic E-state index is 11.6. The number of hydrogen-bond acceptors (Lipinski definition) is 4. The van der Waals surface area contributed by atoms with Gasteiger partial charge in [-0.3, -0.25) is 0 Å². The van der Waals surface area contributed by atoms with Crippen LogP contribution in [0, 0.1) is 0 Å². The van der Waals surface area contributed by atoms with Gasteiger partial charge in [0.1, 0.15) is 5.75 Å². The van der Waals surface area contributed by atoms with Crippen LogP contribution in [0.2, 0.25) is 0 Å². The minimum Gasteiger partial charge on any atom is -0.497 e. The predicted octanol–water partition coefficient (Wildman–Crippen LogP) is 1.52. The van der Waals surface area contributed by atoms with Gasteiger partial charge in [0.2, 0.25) is 0 Å². The number of rotatable bonds is 6. The van der Waals surface area contributed by atoms with Crippen LogP contribution in [0.25, 0.3) is 0 Å². The Kier molecular flexibility index (Phi) is 4.96. The maximum Gasteiger partial charge on any atom is 0.152 e. The molecule has 1 aromatic rings. The lowest BCUT2D eigenvalue weighted by Gasteiger charge is -2.12. The summed E-state index contributed by atoms with van der Waals surface area (Å²) in [6, 6.07) is 6.68. The zero-order valence-corrected chi connectivity index (χ0v) is 11.0.